The Morgan fingerprint density at radius 3 is 2.44 bits per heavy atom. The number of hydrogen-bond donors (Lipinski definition) is 0. The largest absolute Gasteiger partial charge is 0.299 e. The second-order valence-electron chi connectivity index (χ2n) is 2.24. The Morgan fingerprint density at radius 2 is 2.33 bits per heavy atom. The fraction of sp³-hybridized carbons (Fsp3) is 0.625. The highest BCUT2D eigenvalue weighted by molar-refractivity contribution is 5.79. The van der Waals surface area contributed by atoms with E-state index in [1.807, 2.05) is 0 Å². The zero-order valence-corrected chi connectivity index (χ0v) is 6.18. The van der Waals surface area contributed by atoms with Crippen LogP contribution in [0.1, 0.15) is 26.7 Å². The Kier molecular flexibility index (Phi) is 4.02. The number of carbonyl (C=O) groups excluding carboxylic acids is 1. The maximum absolute atomic E-state index is 10.7. The number of Topliss-reactive ketones (excluding diaryl/α,β-unsaturated/α-hetero) is 1. The molecule has 0 aliphatic rings. The topological polar surface area (TPSA) is 17.1 Å². The van der Waals surface area contributed by atoms with Crippen LogP contribution >= 0.6 is 0 Å². The maximum atomic E-state index is 10.7. The van der Waals surface area contributed by atoms with E-state index in [-0.39, 0.29) is 11.7 Å². The van der Waals surface area contributed by atoms with Crippen LogP contribution in [0.5, 0.6) is 0 Å². The van der Waals surface area contributed by atoms with Gasteiger partial charge in [-0.3, -0.25) is 4.79 Å². The highest BCUT2D eigenvalue weighted by Gasteiger charge is 2.06. The first kappa shape index (κ1) is 8.41. The minimum Gasteiger partial charge on any atom is -0.299 e. The molecule has 52 valence electrons. The van der Waals surface area contributed by atoms with Crippen molar-refractivity contribution in [2.45, 2.75) is 26.7 Å². The van der Waals surface area contributed by atoms with Crippen LogP contribution in [0.3, 0.4) is 0 Å². The molecule has 0 N–H and O–H groups in total. The van der Waals surface area contributed by atoms with E-state index in [1.165, 1.54) is 0 Å². The third kappa shape index (κ3) is 3.07. The second-order valence-corrected chi connectivity index (χ2v) is 2.24. The summed E-state index contributed by atoms with van der Waals surface area (Å²) < 4.78 is 0. The maximum Gasteiger partial charge on any atom is 0.136 e. The van der Waals surface area contributed by atoms with Crippen molar-refractivity contribution in [3.05, 3.63) is 12.7 Å². The van der Waals surface area contributed by atoms with E-state index in [1.54, 1.807) is 13.0 Å². The van der Waals surface area contributed by atoms with E-state index >= 15 is 0 Å². The zero-order chi connectivity index (χ0) is 7.28. The predicted molar refractivity (Wildman–Crippen MR) is 39.3 cm³/mol. The fourth-order valence-electron chi connectivity index (χ4n) is 0.798. The highest BCUT2D eigenvalue weighted by atomic mass is 16.1. The molecule has 0 aromatic carbocycles. The van der Waals surface area contributed by atoms with Gasteiger partial charge in [-0.15, -0.1) is 6.58 Å². The number of hydrogen-bond acceptors (Lipinski definition) is 1. The van der Waals surface area contributed by atoms with Crippen LogP contribution in [0, 0.1) is 5.92 Å². The Labute approximate surface area is 56.8 Å². The molecule has 1 nitrogen and oxygen atoms in total. The Hall–Kier alpha value is -0.590. The SMILES string of the molecule is C=CC(CCC)C(C)=O. The third-order valence-electron chi connectivity index (χ3n) is 1.41. The van der Waals surface area contributed by atoms with Crippen molar-refractivity contribution in [2.75, 3.05) is 0 Å². The van der Waals surface area contributed by atoms with Gasteiger partial charge in [0.1, 0.15) is 5.78 Å². The van der Waals surface area contributed by atoms with Crippen molar-refractivity contribution in [3.8, 4) is 0 Å². The van der Waals surface area contributed by atoms with Gasteiger partial charge in [0.25, 0.3) is 0 Å². The van der Waals surface area contributed by atoms with Crippen LogP contribution in [0.15, 0.2) is 12.7 Å². The van der Waals surface area contributed by atoms with Gasteiger partial charge < -0.3 is 0 Å². The lowest BCUT2D eigenvalue weighted by molar-refractivity contribution is -0.119. The number of rotatable bonds is 4. The molecule has 0 aliphatic heterocycles. The highest BCUT2D eigenvalue weighted by Crippen LogP contribution is 2.07. The summed E-state index contributed by atoms with van der Waals surface area (Å²) in [6.07, 6.45) is 3.72. The van der Waals surface area contributed by atoms with Gasteiger partial charge >= 0.3 is 0 Å². The fourth-order valence-corrected chi connectivity index (χ4v) is 0.798. The van der Waals surface area contributed by atoms with Gasteiger partial charge in [-0.05, 0) is 13.3 Å². The number of ketones is 1. The first-order valence-electron chi connectivity index (χ1n) is 3.35. The average Bonchev–Trinajstić information content (AvgIpc) is 1.82. The predicted octanol–water partition coefficient (Wildman–Crippen LogP) is 2.18. The van der Waals surface area contributed by atoms with Gasteiger partial charge in [0.15, 0.2) is 0 Å². The summed E-state index contributed by atoms with van der Waals surface area (Å²) in [5, 5.41) is 0. The quantitative estimate of drug-likeness (QED) is 0.528. The number of carbonyl (C=O) groups is 1. The molecule has 1 atom stereocenters. The lowest BCUT2D eigenvalue weighted by Gasteiger charge is -2.03. The van der Waals surface area contributed by atoms with Gasteiger partial charge in [0.2, 0.25) is 0 Å². The summed E-state index contributed by atoms with van der Waals surface area (Å²) in [5.41, 5.74) is 0. The Balaban J connectivity index is 3.68. The first-order chi connectivity index (χ1) is 4.22. The van der Waals surface area contributed by atoms with E-state index in [9.17, 15) is 4.79 Å². The van der Waals surface area contributed by atoms with Crippen LogP contribution in [0.4, 0.5) is 0 Å². The molecule has 0 aromatic heterocycles. The summed E-state index contributed by atoms with van der Waals surface area (Å²) in [6.45, 7) is 7.26. The van der Waals surface area contributed by atoms with Crippen LogP contribution in [0.2, 0.25) is 0 Å². The monoisotopic (exact) mass is 126 g/mol. The molecular formula is C8H14O. The lowest BCUT2D eigenvalue weighted by atomic mass is 10.0. The van der Waals surface area contributed by atoms with E-state index < -0.39 is 0 Å². The summed E-state index contributed by atoms with van der Waals surface area (Å²) in [6, 6.07) is 0. The molecule has 0 saturated carbocycles. The van der Waals surface area contributed by atoms with Crippen LogP contribution in [-0.4, -0.2) is 5.78 Å². The van der Waals surface area contributed by atoms with Crippen molar-refractivity contribution in [3.63, 3.8) is 0 Å². The molecule has 0 saturated heterocycles. The van der Waals surface area contributed by atoms with Crippen molar-refractivity contribution < 1.29 is 4.79 Å². The smallest absolute Gasteiger partial charge is 0.136 e. The lowest BCUT2D eigenvalue weighted by Crippen LogP contribution is -2.06. The van der Waals surface area contributed by atoms with Crippen molar-refractivity contribution in [1.82, 2.24) is 0 Å². The normalized spacial score (nSPS) is 12.7. The molecule has 0 spiro atoms. The molecule has 1 heteroatoms. The van der Waals surface area contributed by atoms with Gasteiger partial charge in [0, 0.05) is 5.92 Å². The van der Waals surface area contributed by atoms with E-state index in [2.05, 4.69) is 13.5 Å². The first-order valence-corrected chi connectivity index (χ1v) is 3.35. The van der Waals surface area contributed by atoms with Crippen molar-refractivity contribution in [1.29, 1.82) is 0 Å². The zero-order valence-electron chi connectivity index (χ0n) is 6.18. The van der Waals surface area contributed by atoms with E-state index in [0.29, 0.717) is 0 Å². The molecule has 0 rings (SSSR count). The van der Waals surface area contributed by atoms with Gasteiger partial charge in [-0.2, -0.15) is 0 Å². The molecule has 9 heavy (non-hydrogen) atoms. The molecule has 0 fully saturated rings. The molecule has 0 amide bonds. The van der Waals surface area contributed by atoms with Gasteiger partial charge in [-0.1, -0.05) is 19.4 Å². The summed E-state index contributed by atoms with van der Waals surface area (Å²) >= 11 is 0. The molecule has 0 heterocycles. The number of allylic oxidation sites excluding steroid dienone is 1. The second kappa shape index (κ2) is 4.30. The van der Waals surface area contributed by atoms with Crippen LogP contribution in [0.25, 0.3) is 0 Å². The molecule has 0 aliphatic carbocycles. The van der Waals surface area contributed by atoms with Crippen molar-refractivity contribution >= 4 is 5.78 Å². The average molecular weight is 126 g/mol. The minimum atomic E-state index is 0.0926. The summed E-state index contributed by atoms with van der Waals surface area (Å²) in [4.78, 5) is 10.7. The van der Waals surface area contributed by atoms with Gasteiger partial charge in [-0.25, -0.2) is 0 Å². The Bertz CT molecular complexity index is 105. The van der Waals surface area contributed by atoms with Crippen LogP contribution in [-0.2, 0) is 4.79 Å². The Morgan fingerprint density at radius 1 is 1.78 bits per heavy atom. The van der Waals surface area contributed by atoms with E-state index in [0.717, 1.165) is 12.8 Å². The van der Waals surface area contributed by atoms with Crippen molar-refractivity contribution in [2.24, 2.45) is 5.92 Å². The molecule has 0 bridgehead atoms. The molecule has 0 aromatic rings. The third-order valence-corrected chi connectivity index (χ3v) is 1.41. The summed E-state index contributed by atoms with van der Waals surface area (Å²) in [7, 11) is 0. The standard InChI is InChI=1S/C8H14O/c1-4-6-8(5-2)7(3)9/h5,8H,2,4,6H2,1,3H3. The summed E-state index contributed by atoms with van der Waals surface area (Å²) in [5.74, 6) is 0.321. The van der Waals surface area contributed by atoms with Gasteiger partial charge in [0.05, 0.1) is 0 Å². The molecule has 0 radical (unpaired) electrons. The van der Waals surface area contributed by atoms with E-state index in [4.69, 9.17) is 0 Å². The van der Waals surface area contributed by atoms with Crippen LogP contribution < -0.4 is 0 Å². The minimum absolute atomic E-state index is 0.0926. The molecular weight excluding hydrogens is 112 g/mol. The molecule has 1 unspecified atom stereocenters.